The third-order valence-electron chi connectivity index (χ3n) is 1.95. The van der Waals surface area contributed by atoms with Crippen LogP contribution in [0.3, 0.4) is 0 Å². The molecule has 1 aromatic carbocycles. The van der Waals surface area contributed by atoms with Crippen LogP contribution in [-0.2, 0) is 14.6 Å². The molecule has 0 aliphatic rings. The summed E-state index contributed by atoms with van der Waals surface area (Å²) >= 11 is 5.33. The lowest BCUT2D eigenvalue weighted by molar-refractivity contribution is 0.165. The number of ether oxygens (including phenoxy) is 1. The zero-order valence-corrected chi connectivity index (χ0v) is 10.4. The molecule has 0 N–H and O–H groups in total. The van der Waals surface area contributed by atoms with Crippen LogP contribution >= 0.6 is 11.6 Å². The van der Waals surface area contributed by atoms with Gasteiger partial charge >= 0.3 is 0 Å². The number of halogens is 3. The van der Waals surface area contributed by atoms with Crippen molar-refractivity contribution in [3.8, 4) is 0 Å². The number of rotatable bonds is 6. The fourth-order valence-electron chi connectivity index (χ4n) is 1.15. The standard InChI is InChI=1S/C10H11ClF2O3S/c11-3-4-16-5-6-17(14,15)10-7-8(12)1-2-9(10)13/h1-2,7H,3-6H2. The summed E-state index contributed by atoms with van der Waals surface area (Å²) in [6, 6.07) is 2.30. The Bertz CT molecular complexity index is 476. The van der Waals surface area contributed by atoms with E-state index < -0.39 is 32.1 Å². The van der Waals surface area contributed by atoms with Gasteiger partial charge in [-0.1, -0.05) is 0 Å². The molecule has 0 radical (unpaired) electrons. The van der Waals surface area contributed by atoms with Crippen molar-refractivity contribution in [2.24, 2.45) is 0 Å². The molecule has 0 saturated heterocycles. The molecular weight excluding hydrogens is 274 g/mol. The van der Waals surface area contributed by atoms with Crippen molar-refractivity contribution in [3.05, 3.63) is 29.8 Å². The summed E-state index contributed by atoms with van der Waals surface area (Å²) in [5.74, 6) is -1.94. The Hall–Kier alpha value is -0.720. The minimum absolute atomic E-state index is 0.106. The van der Waals surface area contributed by atoms with E-state index in [1.165, 1.54) is 0 Å². The van der Waals surface area contributed by atoms with Gasteiger partial charge < -0.3 is 4.74 Å². The normalized spacial score (nSPS) is 11.7. The van der Waals surface area contributed by atoms with E-state index in [0.29, 0.717) is 6.07 Å². The smallest absolute Gasteiger partial charge is 0.183 e. The number of hydrogen-bond donors (Lipinski definition) is 0. The van der Waals surface area contributed by atoms with Crippen LogP contribution in [0.25, 0.3) is 0 Å². The molecule has 0 bridgehead atoms. The lowest BCUT2D eigenvalue weighted by atomic mass is 10.3. The maximum atomic E-state index is 13.2. The first-order valence-corrected chi connectivity index (χ1v) is 6.97. The molecular formula is C10H11ClF2O3S. The van der Waals surface area contributed by atoms with E-state index in [-0.39, 0.29) is 19.1 Å². The van der Waals surface area contributed by atoms with Gasteiger partial charge in [-0.2, -0.15) is 0 Å². The second-order valence-electron chi connectivity index (χ2n) is 3.19. The van der Waals surface area contributed by atoms with Gasteiger partial charge in [-0.15, -0.1) is 11.6 Å². The van der Waals surface area contributed by atoms with Gasteiger partial charge in [0.1, 0.15) is 16.5 Å². The highest BCUT2D eigenvalue weighted by Gasteiger charge is 2.19. The van der Waals surface area contributed by atoms with E-state index in [1.54, 1.807) is 0 Å². The predicted molar refractivity (Wildman–Crippen MR) is 59.9 cm³/mol. The Morgan fingerprint density at radius 1 is 1.24 bits per heavy atom. The molecule has 0 unspecified atom stereocenters. The fraction of sp³-hybridized carbons (Fsp3) is 0.400. The van der Waals surface area contributed by atoms with E-state index in [2.05, 4.69) is 0 Å². The molecule has 0 spiro atoms. The van der Waals surface area contributed by atoms with Crippen molar-refractivity contribution in [1.29, 1.82) is 0 Å². The van der Waals surface area contributed by atoms with Crippen LogP contribution in [0.5, 0.6) is 0 Å². The summed E-state index contributed by atoms with van der Waals surface area (Å²) < 4.78 is 54.3. The molecule has 7 heteroatoms. The highest BCUT2D eigenvalue weighted by atomic mass is 35.5. The third kappa shape index (κ3) is 4.22. The SMILES string of the molecule is O=S(=O)(CCOCCCl)c1cc(F)ccc1F. The zero-order chi connectivity index (χ0) is 12.9. The highest BCUT2D eigenvalue weighted by molar-refractivity contribution is 7.91. The Kier molecular flexibility index (Phi) is 5.30. The molecule has 1 aromatic rings. The Labute approximate surface area is 103 Å². The summed E-state index contributed by atoms with van der Waals surface area (Å²) in [6.45, 7) is 0.105. The van der Waals surface area contributed by atoms with Gasteiger partial charge in [0.15, 0.2) is 9.84 Å². The molecule has 0 aliphatic carbocycles. The van der Waals surface area contributed by atoms with E-state index in [0.717, 1.165) is 12.1 Å². The van der Waals surface area contributed by atoms with Gasteiger partial charge in [0.05, 0.1) is 19.0 Å². The highest BCUT2D eigenvalue weighted by Crippen LogP contribution is 2.17. The summed E-state index contributed by atoms with van der Waals surface area (Å²) in [5, 5.41) is 0. The van der Waals surface area contributed by atoms with Gasteiger partial charge in [0.25, 0.3) is 0 Å². The monoisotopic (exact) mass is 284 g/mol. The third-order valence-corrected chi connectivity index (χ3v) is 3.79. The van der Waals surface area contributed by atoms with Crippen LogP contribution < -0.4 is 0 Å². The number of alkyl halides is 1. The minimum Gasteiger partial charge on any atom is -0.379 e. The second kappa shape index (κ2) is 6.28. The topological polar surface area (TPSA) is 43.4 Å². The predicted octanol–water partition coefficient (Wildman–Crippen LogP) is 1.99. The van der Waals surface area contributed by atoms with Crippen molar-refractivity contribution in [2.75, 3.05) is 24.8 Å². The van der Waals surface area contributed by atoms with Gasteiger partial charge in [0.2, 0.25) is 0 Å². The Balaban J connectivity index is 2.79. The summed E-state index contributed by atoms with van der Waals surface area (Å²) in [5.41, 5.74) is 0. The summed E-state index contributed by atoms with van der Waals surface area (Å²) in [7, 11) is -3.88. The van der Waals surface area contributed by atoms with Crippen LogP contribution in [0.2, 0.25) is 0 Å². The summed E-state index contributed by atoms with van der Waals surface area (Å²) in [6.07, 6.45) is 0. The maximum Gasteiger partial charge on any atom is 0.183 e. The van der Waals surface area contributed by atoms with Gasteiger partial charge in [0, 0.05) is 5.88 Å². The maximum absolute atomic E-state index is 13.2. The lowest BCUT2D eigenvalue weighted by Crippen LogP contribution is -2.15. The van der Waals surface area contributed by atoms with E-state index in [9.17, 15) is 17.2 Å². The molecule has 0 aliphatic heterocycles. The Morgan fingerprint density at radius 3 is 2.59 bits per heavy atom. The molecule has 0 atom stereocenters. The fourth-order valence-corrected chi connectivity index (χ4v) is 2.47. The van der Waals surface area contributed by atoms with E-state index in [1.807, 2.05) is 0 Å². The van der Waals surface area contributed by atoms with Crippen LogP contribution in [0.1, 0.15) is 0 Å². The average molecular weight is 285 g/mol. The van der Waals surface area contributed by atoms with Gasteiger partial charge in [-0.3, -0.25) is 0 Å². The first kappa shape index (κ1) is 14.3. The molecule has 0 aromatic heterocycles. The molecule has 0 heterocycles. The number of benzene rings is 1. The van der Waals surface area contributed by atoms with Crippen LogP contribution in [0.4, 0.5) is 8.78 Å². The van der Waals surface area contributed by atoms with Crippen molar-refractivity contribution >= 4 is 21.4 Å². The molecule has 0 fully saturated rings. The first-order chi connectivity index (χ1) is 7.97. The van der Waals surface area contributed by atoms with Crippen LogP contribution in [-0.4, -0.2) is 33.3 Å². The zero-order valence-electron chi connectivity index (χ0n) is 8.83. The van der Waals surface area contributed by atoms with Crippen molar-refractivity contribution in [1.82, 2.24) is 0 Å². The molecule has 1 rings (SSSR count). The lowest BCUT2D eigenvalue weighted by Gasteiger charge is -2.06. The molecule has 0 amide bonds. The quantitative estimate of drug-likeness (QED) is 0.593. The molecule has 0 saturated carbocycles. The van der Waals surface area contributed by atoms with Gasteiger partial charge in [-0.25, -0.2) is 17.2 Å². The molecule has 17 heavy (non-hydrogen) atoms. The molecule has 96 valence electrons. The summed E-state index contributed by atoms with van der Waals surface area (Å²) in [4.78, 5) is -0.646. The van der Waals surface area contributed by atoms with Crippen LogP contribution in [0, 0.1) is 11.6 Å². The van der Waals surface area contributed by atoms with Crippen LogP contribution in [0.15, 0.2) is 23.1 Å². The van der Waals surface area contributed by atoms with E-state index >= 15 is 0 Å². The average Bonchev–Trinajstić information content (AvgIpc) is 2.28. The van der Waals surface area contributed by atoms with E-state index in [4.69, 9.17) is 16.3 Å². The minimum atomic E-state index is -3.88. The van der Waals surface area contributed by atoms with Crippen molar-refractivity contribution in [3.63, 3.8) is 0 Å². The largest absolute Gasteiger partial charge is 0.379 e. The van der Waals surface area contributed by atoms with Crippen molar-refractivity contribution < 1.29 is 21.9 Å². The van der Waals surface area contributed by atoms with Crippen molar-refractivity contribution in [2.45, 2.75) is 4.90 Å². The first-order valence-electron chi connectivity index (χ1n) is 4.79. The number of sulfone groups is 1. The Morgan fingerprint density at radius 2 is 1.94 bits per heavy atom. The van der Waals surface area contributed by atoms with Gasteiger partial charge in [-0.05, 0) is 18.2 Å². The molecule has 3 nitrogen and oxygen atoms in total. The number of hydrogen-bond acceptors (Lipinski definition) is 3. The second-order valence-corrected chi connectivity index (χ2v) is 5.65.